The highest BCUT2D eigenvalue weighted by Gasteiger charge is 2.40. The summed E-state index contributed by atoms with van der Waals surface area (Å²) < 4.78 is 42.2. The Morgan fingerprint density at radius 2 is 2.07 bits per heavy atom. The first-order valence-corrected chi connectivity index (χ1v) is 4.92. The minimum Gasteiger partial charge on any atom is -0.480 e. The van der Waals surface area contributed by atoms with Gasteiger partial charge in [-0.2, -0.15) is 13.2 Å². The third-order valence-electron chi connectivity index (χ3n) is 1.65. The molecule has 0 spiro atoms. The van der Waals surface area contributed by atoms with E-state index in [1.165, 1.54) is 12.1 Å². The van der Waals surface area contributed by atoms with Crippen molar-refractivity contribution in [2.45, 2.75) is 12.3 Å². The van der Waals surface area contributed by atoms with E-state index in [1.807, 2.05) is 0 Å². The summed E-state index contributed by atoms with van der Waals surface area (Å²) in [7, 11) is 0. The van der Waals surface area contributed by atoms with E-state index in [0.717, 1.165) is 0 Å². The molecule has 1 aromatic rings. The summed E-state index contributed by atoms with van der Waals surface area (Å²) in [5.74, 6) is 0.136. The summed E-state index contributed by atoms with van der Waals surface area (Å²) in [6.07, 6.45) is -6.41. The second kappa shape index (κ2) is 4.85. The van der Waals surface area contributed by atoms with Crippen molar-refractivity contribution in [2.75, 3.05) is 6.54 Å². The van der Waals surface area contributed by atoms with Crippen LogP contribution in [-0.4, -0.2) is 18.8 Å². The predicted molar refractivity (Wildman–Crippen MR) is 53.7 cm³/mol. The van der Waals surface area contributed by atoms with Crippen molar-refractivity contribution < 1.29 is 17.9 Å². The van der Waals surface area contributed by atoms with E-state index in [1.54, 1.807) is 12.1 Å². The van der Waals surface area contributed by atoms with E-state index in [0.29, 0.717) is 4.47 Å². The summed E-state index contributed by atoms with van der Waals surface area (Å²) >= 11 is 3.13. The third-order valence-corrected chi connectivity index (χ3v) is 2.15. The van der Waals surface area contributed by atoms with Crippen molar-refractivity contribution in [1.82, 2.24) is 0 Å². The lowest BCUT2D eigenvalue weighted by Crippen LogP contribution is -2.40. The van der Waals surface area contributed by atoms with Crippen LogP contribution >= 0.6 is 15.9 Å². The van der Waals surface area contributed by atoms with Gasteiger partial charge in [0.1, 0.15) is 5.75 Å². The van der Waals surface area contributed by atoms with Crippen molar-refractivity contribution in [3.05, 3.63) is 28.7 Å². The fraction of sp³-hybridized carbons (Fsp3) is 0.333. The highest BCUT2D eigenvalue weighted by atomic mass is 79.9. The molecule has 0 heterocycles. The molecule has 84 valence electrons. The Balaban J connectivity index is 2.76. The fourth-order valence-electron chi connectivity index (χ4n) is 0.953. The molecule has 0 aliphatic carbocycles. The van der Waals surface area contributed by atoms with Gasteiger partial charge in [-0.1, -0.05) is 22.0 Å². The maximum Gasteiger partial charge on any atom is 0.426 e. The average Bonchev–Trinajstić information content (AvgIpc) is 2.12. The Labute approximate surface area is 93.3 Å². The van der Waals surface area contributed by atoms with Gasteiger partial charge in [-0.15, -0.1) is 0 Å². The maximum atomic E-state index is 12.3. The standard InChI is InChI=1S/C9H9BrF3NO/c10-6-2-1-3-7(4-6)15-8(5-14)9(11,12)13/h1-4,8H,5,14H2. The molecule has 1 unspecified atom stereocenters. The van der Waals surface area contributed by atoms with E-state index in [4.69, 9.17) is 10.5 Å². The van der Waals surface area contributed by atoms with Gasteiger partial charge in [-0.3, -0.25) is 0 Å². The van der Waals surface area contributed by atoms with E-state index < -0.39 is 18.8 Å². The predicted octanol–water partition coefficient (Wildman–Crippen LogP) is 2.72. The number of nitrogens with two attached hydrogens (primary N) is 1. The van der Waals surface area contributed by atoms with Crippen molar-refractivity contribution in [2.24, 2.45) is 5.73 Å². The van der Waals surface area contributed by atoms with Gasteiger partial charge in [-0.05, 0) is 18.2 Å². The number of hydrogen-bond donors (Lipinski definition) is 1. The topological polar surface area (TPSA) is 35.2 Å². The monoisotopic (exact) mass is 283 g/mol. The van der Waals surface area contributed by atoms with E-state index >= 15 is 0 Å². The lowest BCUT2D eigenvalue weighted by atomic mass is 10.3. The lowest BCUT2D eigenvalue weighted by molar-refractivity contribution is -0.191. The zero-order valence-corrected chi connectivity index (χ0v) is 9.18. The zero-order chi connectivity index (χ0) is 11.5. The number of ether oxygens (including phenoxy) is 1. The second-order valence-electron chi connectivity index (χ2n) is 2.84. The van der Waals surface area contributed by atoms with Gasteiger partial charge in [-0.25, -0.2) is 0 Å². The Hall–Kier alpha value is -0.750. The Kier molecular flexibility index (Phi) is 3.98. The fourth-order valence-corrected chi connectivity index (χ4v) is 1.33. The van der Waals surface area contributed by atoms with Crippen LogP contribution in [0.4, 0.5) is 13.2 Å². The Morgan fingerprint density at radius 3 is 2.53 bits per heavy atom. The van der Waals surface area contributed by atoms with Crippen LogP contribution in [0, 0.1) is 0 Å². The summed E-state index contributed by atoms with van der Waals surface area (Å²) in [4.78, 5) is 0. The SMILES string of the molecule is NCC(Oc1cccc(Br)c1)C(F)(F)F. The van der Waals surface area contributed by atoms with Crippen LogP contribution in [-0.2, 0) is 0 Å². The van der Waals surface area contributed by atoms with Crippen LogP contribution in [0.25, 0.3) is 0 Å². The second-order valence-corrected chi connectivity index (χ2v) is 3.76. The molecule has 6 heteroatoms. The normalized spacial score (nSPS) is 13.7. The Morgan fingerprint density at radius 1 is 1.40 bits per heavy atom. The Bertz CT molecular complexity index is 329. The van der Waals surface area contributed by atoms with E-state index in [-0.39, 0.29) is 5.75 Å². The largest absolute Gasteiger partial charge is 0.480 e. The highest BCUT2D eigenvalue weighted by Crippen LogP contribution is 2.26. The first-order chi connectivity index (χ1) is 6.93. The van der Waals surface area contributed by atoms with Gasteiger partial charge in [0.2, 0.25) is 6.10 Å². The van der Waals surface area contributed by atoms with Gasteiger partial charge in [0.15, 0.2) is 0 Å². The smallest absolute Gasteiger partial charge is 0.426 e. The summed E-state index contributed by atoms with van der Waals surface area (Å²) in [6.45, 7) is -0.601. The molecule has 0 aromatic heterocycles. The van der Waals surface area contributed by atoms with Crippen LogP contribution in [0.1, 0.15) is 0 Å². The molecule has 2 nitrogen and oxygen atoms in total. The average molecular weight is 284 g/mol. The number of halogens is 4. The minimum absolute atomic E-state index is 0.136. The van der Waals surface area contributed by atoms with Crippen LogP contribution in [0.15, 0.2) is 28.7 Å². The number of rotatable bonds is 3. The highest BCUT2D eigenvalue weighted by molar-refractivity contribution is 9.10. The van der Waals surface area contributed by atoms with Crippen LogP contribution in [0.5, 0.6) is 5.75 Å². The maximum absolute atomic E-state index is 12.3. The van der Waals surface area contributed by atoms with Crippen molar-refractivity contribution in [1.29, 1.82) is 0 Å². The minimum atomic E-state index is -4.45. The first kappa shape index (κ1) is 12.3. The van der Waals surface area contributed by atoms with Crippen LogP contribution in [0.3, 0.4) is 0 Å². The van der Waals surface area contributed by atoms with Gasteiger partial charge >= 0.3 is 6.18 Å². The molecule has 0 amide bonds. The molecule has 0 fully saturated rings. The summed E-state index contributed by atoms with van der Waals surface area (Å²) in [5, 5.41) is 0. The van der Waals surface area contributed by atoms with Crippen molar-refractivity contribution >= 4 is 15.9 Å². The van der Waals surface area contributed by atoms with Crippen molar-refractivity contribution in [3.63, 3.8) is 0 Å². The molecule has 0 saturated carbocycles. The number of alkyl halides is 3. The number of hydrogen-bond acceptors (Lipinski definition) is 2. The quantitative estimate of drug-likeness (QED) is 0.926. The molecule has 0 bridgehead atoms. The molecule has 1 rings (SSSR count). The lowest BCUT2D eigenvalue weighted by Gasteiger charge is -2.20. The molecule has 0 aliphatic rings. The first-order valence-electron chi connectivity index (χ1n) is 4.12. The van der Waals surface area contributed by atoms with Gasteiger partial charge < -0.3 is 10.5 Å². The molecular formula is C9H9BrF3NO. The van der Waals surface area contributed by atoms with Gasteiger partial charge in [0, 0.05) is 11.0 Å². The van der Waals surface area contributed by atoms with Crippen molar-refractivity contribution in [3.8, 4) is 5.75 Å². The molecule has 1 aromatic carbocycles. The third kappa shape index (κ3) is 3.71. The van der Waals surface area contributed by atoms with E-state index in [2.05, 4.69) is 15.9 Å². The molecule has 15 heavy (non-hydrogen) atoms. The van der Waals surface area contributed by atoms with Crippen LogP contribution in [0.2, 0.25) is 0 Å². The van der Waals surface area contributed by atoms with E-state index in [9.17, 15) is 13.2 Å². The molecule has 0 saturated heterocycles. The molecule has 0 radical (unpaired) electrons. The number of benzene rings is 1. The van der Waals surface area contributed by atoms with Gasteiger partial charge in [0.25, 0.3) is 0 Å². The molecule has 2 N–H and O–H groups in total. The summed E-state index contributed by atoms with van der Waals surface area (Å²) in [6, 6.07) is 6.18. The van der Waals surface area contributed by atoms with Gasteiger partial charge in [0.05, 0.1) is 0 Å². The molecule has 1 atom stereocenters. The zero-order valence-electron chi connectivity index (χ0n) is 7.59. The molecular weight excluding hydrogens is 275 g/mol. The molecule has 0 aliphatic heterocycles. The summed E-state index contributed by atoms with van der Waals surface area (Å²) in [5.41, 5.74) is 4.99. The van der Waals surface area contributed by atoms with Crippen LogP contribution < -0.4 is 10.5 Å².